The van der Waals surface area contributed by atoms with Gasteiger partial charge in [0.15, 0.2) is 5.76 Å². The van der Waals surface area contributed by atoms with E-state index in [0.717, 1.165) is 12.0 Å². The second-order valence-electron chi connectivity index (χ2n) is 6.27. The molecule has 0 aliphatic carbocycles. The molecule has 1 amide bonds. The monoisotopic (exact) mass is 414 g/mol. The van der Waals surface area contributed by atoms with Crippen LogP contribution in [0.25, 0.3) is 0 Å². The van der Waals surface area contributed by atoms with Crippen molar-refractivity contribution in [1.29, 1.82) is 0 Å². The van der Waals surface area contributed by atoms with Gasteiger partial charge in [0.2, 0.25) is 0 Å². The van der Waals surface area contributed by atoms with Crippen LogP contribution in [-0.4, -0.2) is 10.8 Å². The number of hydrogen-bond acceptors (Lipinski definition) is 5. The molecule has 150 valence electrons. The summed E-state index contributed by atoms with van der Waals surface area (Å²) in [6, 6.07) is 16.7. The molecule has 0 aliphatic heterocycles. The van der Waals surface area contributed by atoms with Crippen LogP contribution in [0.15, 0.2) is 65.1 Å². The van der Waals surface area contributed by atoms with Gasteiger partial charge in [-0.15, -0.1) is 0 Å². The molecule has 29 heavy (non-hydrogen) atoms. The van der Waals surface area contributed by atoms with Crippen LogP contribution in [0.3, 0.4) is 0 Å². The highest BCUT2D eigenvalue weighted by Gasteiger charge is 2.17. The van der Waals surface area contributed by atoms with Gasteiger partial charge < -0.3 is 14.5 Å². The maximum absolute atomic E-state index is 12.5. The Kier molecular flexibility index (Phi) is 6.51. The molecule has 0 spiro atoms. The van der Waals surface area contributed by atoms with Crippen molar-refractivity contribution in [3.63, 3.8) is 0 Å². The number of nitro groups is 1. The van der Waals surface area contributed by atoms with Crippen molar-refractivity contribution in [3.05, 3.63) is 92.9 Å². The van der Waals surface area contributed by atoms with Crippen LogP contribution in [-0.2, 0) is 6.61 Å². The number of halogens is 1. The summed E-state index contributed by atoms with van der Waals surface area (Å²) in [6.45, 7) is 2.02. The first-order chi connectivity index (χ1) is 14.0. The molecule has 1 atom stereocenters. The van der Waals surface area contributed by atoms with E-state index in [1.54, 1.807) is 12.1 Å². The van der Waals surface area contributed by atoms with E-state index in [1.807, 2.05) is 37.3 Å². The summed E-state index contributed by atoms with van der Waals surface area (Å²) in [4.78, 5) is 22.7. The minimum atomic E-state index is -0.536. The number of carbonyl (C=O) groups is 1. The number of amides is 1. The number of carbonyl (C=O) groups excluding carboxylic acids is 1. The van der Waals surface area contributed by atoms with Crippen molar-refractivity contribution in [2.24, 2.45) is 0 Å². The maximum atomic E-state index is 12.5. The predicted molar refractivity (Wildman–Crippen MR) is 108 cm³/mol. The number of hydrogen-bond donors (Lipinski definition) is 1. The molecule has 1 N–H and O–H groups in total. The Balaban J connectivity index is 1.61. The van der Waals surface area contributed by atoms with E-state index in [9.17, 15) is 14.9 Å². The van der Waals surface area contributed by atoms with Crippen LogP contribution in [0, 0.1) is 10.1 Å². The first kappa shape index (κ1) is 20.4. The third-order valence-corrected chi connectivity index (χ3v) is 4.59. The summed E-state index contributed by atoms with van der Waals surface area (Å²) < 4.78 is 11.1. The van der Waals surface area contributed by atoms with E-state index in [0.29, 0.717) is 5.76 Å². The molecule has 1 unspecified atom stereocenters. The fourth-order valence-corrected chi connectivity index (χ4v) is 3.01. The lowest BCUT2D eigenvalue weighted by Gasteiger charge is -2.16. The number of rotatable bonds is 8. The molecule has 8 heteroatoms. The van der Waals surface area contributed by atoms with Crippen molar-refractivity contribution in [2.75, 3.05) is 0 Å². The van der Waals surface area contributed by atoms with Gasteiger partial charge in [0, 0.05) is 12.1 Å². The Morgan fingerprint density at radius 2 is 1.97 bits per heavy atom. The fourth-order valence-electron chi connectivity index (χ4n) is 2.78. The van der Waals surface area contributed by atoms with Gasteiger partial charge in [-0.3, -0.25) is 14.9 Å². The summed E-state index contributed by atoms with van der Waals surface area (Å²) in [6.07, 6.45) is 0.741. The number of ether oxygens (including phenoxy) is 1. The average Bonchev–Trinajstić information content (AvgIpc) is 3.20. The quantitative estimate of drug-likeness (QED) is 0.398. The molecular formula is C21H19ClN2O5. The molecule has 1 aromatic heterocycles. The van der Waals surface area contributed by atoms with Gasteiger partial charge >= 0.3 is 0 Å². The molecule has 7 nitrogen and oxygen atoms in total. The molecule has 0 bridgehead atoms. The highest BCUT2D eigenvalue weighted by molar-refractivity contribution is 6.32. The van der Waals surface area contributed by atoms with Gasteiger partial charge in [-0.2, -0.15) is 0 Å². The summed E-state index contributed by atoms with van der Waals surface area (Å²) in [5, 5.41) is 13.8. The molecule has 0 fully saturated rings. The zero-order chi connectivity index (χ0) is 20.8. The van der Waals surface area contributed by atoms with E-state index >= 15 is 0 Å². The van der Waals surface area contributed by atoms with Crippen LogP contribution >= 0.6 is 11.6 Å². The lowest BCUT2D eigenvalue weighted by molar-refractivity contribution is -0.384. The first-order valence-electron chi connectivity index (χ1n) is 8.99. The molecule has 0 radical (unpaired) electrons. The predicted octanol–water partition coefficient (Wildman–Crippen LogP) is 5.30. The Morgan fingerprint density at radius 1 is 1.21 bits per heavy atom. The van der Waals surface area contributed by atoms with E-state index in [2.05, 4.69) is 5.32 Å². The number of furan rings is 1. The molecule has 2 aromatic carbocycles. The average molecular weight is 415 g/mol. The largest absolute Gasteiger partial charge is 0.484 e. The van der Waals surface area contributed by atoms with Crippen molar-refractivity contribution in [1.82, 2.24) is 5.32 Å². The zero-order valence-electron chi connectivity index (χ0n) is 15.6. The number of nitrogens with zero attached hydrogens (tertiary/aromatic N) is 1. The van der Waals surface area contributed by atoms with Crippen LogP contribution in [0.4, 0.5) is 5.69 Å². The Bertz CT molecular complexity index is 1000. The summed E-state index contributed by atoms with van der Waals surface area (Å²) in [5.41, 5.74) is 0.898. The van der Waals surface area contributed by atoms with E-state index in [4.69, 9.17) is 20.8 Å². The Morgan fingerprint density at radius 3 is 2.62 bits per heavy atom. The lowest BCUT2D eigenvalue weighted by Crippen LogP contribution is -2.27. The van der Waals surface area contributed by atoms with E-state index in [-0.39, 0.29) is 40.8 Å². The zero-order valence-corrected chi connectivity index (χ0v) is 16.4. The lowest BCUT2D eigenvalue weighted by atomic mass is 10.0. The third-order valence-electron chi connectivity index (χ3n) is 4.30. The van der Waals surface area contributed by atoms with Crippen molar-refractivity contribution >= 4 is 23.2 Å². The van der Waals surface area contributed by atoms with Crippen molar-refractivity contribution in [3.8, 4) is 5.75 Å². The Labute approximate surface area is 172 Å². The number of nitro benzene ring substituents is 1. The molecule has 3 rings (SSSR count). The maximum Gasteiger partial charge on any atom is 0.287 e. The van der Waals surface area contributed by atoms with E-state index < -0.39 is 4.92 Å². The topological polar surface area (TPSA) is 94.6 Å². The van der Waals surface area contributed by atoms with Crippen molar-refractivity contribution < 1.29 is 18.9 Å². The summed E-state index contributed by atoms with van der Waals surface area (Å²) >= 11 is 6.00. The van der Waals surface area contributed by atoms with Gasteiger partial charge in [-0.25, -0.2) is 0 Å². The normalized spacial score (nSPS) is 11.7. The van der Waals surface area contributed by atoms with Gasteiger partial charge in [-0.05, 0) is 30.2 Å². The molecule has 0 saturated heterocycles. The third kappa shape index (κ3) is 5.14. The first-order valence-corrected chi connectivity index (χ1v) is 9.37. The highest BCUT2D eigenvalue weighted by Crippen LogP contribution is 2.29. The summed E-state index contributed by atoms with van der Waals surface area (Å²) in [5.74, 6) is 0.570. The Hall–Kier alpha value is -3.32. The second-order valence-corrected chi connectivity index (χ2v) is 6.68. The molecular weight excluding hydrogens is 396 g/mol. The molecule has 0 saturated carbocycles. The van der Waals surface area contributed by atoms with Crippen LogP contribution < -0.4 is 10.1 Å². The molecule has 3 aromatic rings. The smallest absolute Gasteiger partial charge is 0.287 e. The van der Waals surface area contributed by atoms with Crippen LogP contribution in [0.1, 0.15) is 41.3 Å². The summed E-state index contributed by atoms with van der Waals surface area (Å²) in [7, 11) is 0. The van der Waals surface area contributed by atoms with Gasteiger partial charge in [0.1, 0.15) is 18.1 Å². The van der Waals surface area contributed by atoms with Crippen molar-refractivity contribution in [2.45, 2.75) is 26.0 Å². The minimum Gasteiger partial charge on any atom is -0.484 e. The number of benzene rings is 2. The molecule has 0 aliphatic rings. The van der Waals surface area contributed by atoms with Gasteiger partial charge in [-0.1, -0.05) is 48.9 Å². The number of nitrogens with one attached hydrogen (secondary N) is 1. The van der Waals surface area contributed by atoms with Crippen LogP contribution in [0.5, 0.6) is 5.75 Å². The fraction of sp³-hybridized carbons (Fsp3) is 0.190. The van der Waals surface area contributed by atoms with Gasteiger partial charge in [0.05, 0.1) is 16.0 Å². The SMILES string of the molecule is CCC(NC(=O)c1ccc(COc2ccc([N+](=O)[O-])cc2Cl)o1)c1ccccc1. The highest BCUT2D eigenvalue weighted by atomic mass is 35.5. The van der Waals surface area contributed by atoms with E-state index in [1.165, 1.54) is 18.2 Å². The molecule has 1 heterocycles. The second kappa shape index (κ2) is 9.25. The standard InChI is InChI=1S/C21H19ClN2O5/c1-2-18(14-6-4-3-5-7-14)23-21(25)20-11-9-16(29-20)13-28-19-10-8-15(24(26)27)12-17(19)22/h3-12,18H,2,13H2,1H3,(H,23,25). The minimum absolute atomic E-state index is 0.0285. The van der Waals surface area contributed by atoms with Gasteiger partial charge in [0.25, 0.3) is 11.6 Å². The number of non-ortho nitro benzene ring substituents is 1. The van der Waals surface area contributed by atoms with Crippen LogP contribution in [0.2, 0.25) is 5.02 Å².